The predicted octanol–water partition coefficient (Wildman–Crippen LogP) is 0.604. The molecular formula is C13H20N2O3S. The van der Waals surface area contributed by atoms with E-state index in [0.29, 0.717) is 18.0 Å². The van der Waals surface area contributed by atoms with Crippen LogP contribution < -0.4 is 4.72 Å². The summed E-state index contributed by atoms with van der Waals surface area (Å²) in [7, 11) is -1.44. The summed E-state index contributed by atoms with van der Waals surface area (Å²) in [5, 5.41) is 0. The molecule has 0 bridgehead atoms. The Labute approximate surface area is 114 Å². The van der Waals surface area contributed by atoms with Gasteiger partial charge in [-0.3, -0.25) is 0 Å². The average molecular weight is 284 g/mol. The predicted molar refractivity (Wildman–Crippen MR) is 73.6 cm³/mol. The molecule has 5 nitrogen and oxygen atoms in total. The van der Waals surface area contributed by atoms with Crippen LogP contribution in [0, 0.1) is 6.92 Å². The molecule has 0 amide bonds. The molecule has 0 spiro atoms. The quantitative estimate of drug-likeness (QED) is 0.880. The highest BCUT2D eigenvalue weighted by molar-refractivity contribution is 7.89. The molecule has 1 atom stereocenters. The van der Waals surface area contributed by atoms with Crippen LogP contribution in [0.3, 0.4) is 0 Å². The molecule has 1 N–H and O–H groups in total. The van der Waals surface area contributed by atoms with Crippen LogP contribution in [0.25, 0.3) is 0 Å². The topological polar surface area (TPSA) is 58.6 Å². The van der Waals surface area contributed by atoms with Crippen molar-refractivity contribution >= 4 is 10.0 Å². The number of likely N-dealkylation sites (N-methyl/N-ethyl adjacent to an activating group) is 1. The SMILES string of the molecule is Cc1ccc(S(=O)(=O)NCC2CN(C)CCO2)cc1. The molecule has 1 unspecified atom stereocenters. The summed E-state index contributed by atoms with van der Waals surface area (Å²) >= 11 is 0. The number of hydrogen-bond donors (Lipinski definition) is 1. The molecule has 1 aromatic carbocycles. The molecule has 6 heteroatoms. The zero-order valence-corrected chi connectivity index (χ0v) is 12.1. The molecule has 0 aliphatic carbocycles. The molecule has 106 valence electrons. The Morgan fingerprint density at radius 2 is 2.05 bits per heavy atom. The first-order chi connectivity index (χ1) is 8.97. The van der Waals surface area contributed by atoms with Gasteiger partial charge >= 0.3 is 0 Å². The van der Waals surface area contributed by atoms with Crippen molar-refractivity contribution in [3.05, 3.63) is 29.8 Å². The minimum Gasteiger partial charge on any atom is -0.374 e. The molecule has 1 aliphatic rings. The Bertz CT molecular complexity index is 513. The van der Waals surface area contributed by atoms with Gasteiger partial charge in [-0.2, -0.15) is 0 Å². The van der Waals surface area contributed by atoms with Crippen LogP contribution in [0.1, 0.15) is 5.56 Å². The van der Waals surface area contributed by atoms with E-state index in [1.54, 1.807) is 24.3 Å². The second kappa shape index (κ2) is 6.00. The lowest BCUT2D eigenvalue weighted by molar-refractivity contribution is -0.0156. The maximum atomic E-state index is 12.1. The van der Waals surface area contributed by atoms with Crippen LogP contribution in [-0.2, 0) is 14.8 Å². The maximum Gasteiger partial charge on any atom is 0.240 e. The fraction of sp³-hybridized carbons (Fsp3) is 0.538. The molecule has 1 aliphatic heterocycles. The Balaban J connectivity index is 1.96. The third-order valence-corrected chi connectivity index (χ3v) is 4.61. The van der Waals surface area contributed by atoms with Gasteiger partial charge in [0.25, 0.3) is 0 Å². The van der Waals surface area contributed by atoms with E-state index in [0.717, 1.165) is 18.7 Å². The van der Waals surface area contributed by atoms with E-state index in [4.69, 9.17) is 4.74 Å². The number of ether oxygens (including phenoxy) is 1. The number of nitrogens with one attached hydrogen (secondary N) is 1. The van der Waals surface area contributed by atoms with Crippen molar-refractivity contribution in [2.75, 3.05) is 33.3 Å². The van der Waals surface area contributed by atoms with Crippen molar-refractivity contribution in [3.8, 4) is 0 Å². The number of morpholine rings is 1. The number of sulfonamides is 1. The molecule has 1 fully saturated rings. The third-order valence-electron chi connectivity index (χ3n) is 3.17. The van der Waals surface area contributed by atoms with E-state index in [1.165, 1.54) is 0 Å². The number of nitrogens with zero attached hydrogens (tertiary/aromatic N) is 1. The van der Waals surface area contributed by atoms with Gasteiger partial charge in [0.1, 0.15) is 0 Å². The summed E-state index contributed by atoms with van der Waals surface area (Å²) in [5.41, 5.74) is 1.04. The van der Waals surface area contributed by atoms with Gasteiger partial charge in [0.2, 0.25) is 10.0 Å². The molecule has 1 aromatic rings. The summed E-state index contributed by atoms with van der Waals surface area (Å²) < 4.78 is 32.3. The Morgan fingerprint density at radius 3 is 2.68 bits per heavy atom. The van der Waals surface area contributed by atoms with Gasteiger partial charge in [-0.05, 0) is 26.1 Å². The smallest absolute Gasteiger partial charge is 0.240 e. The van der Waals surface area contributed by atoms with Gasteiger partial charge in [-0.25, -0.2) is 13.1 Å². The van der Waals surface area contributed by atoms with Crippen molar-refractivity contribution in [1.82, 2.24) is 9.62 Å². The number of rotatable bonds is 4. The second-order valence-corrected chi connectivity index (χ2v) is 6.69. The van der Waals surface area contributed by atoms with E-state index in [1.807, 2.05) is 14.0 Å². The van der Waals surface area contributed by atoms with Crippen molar-refractivity contribution in [2.24, 2.45) is 0 Å². The molecule has 0 saturated carbocycles. The van der Waals surface area contributed by atoms with Crippen molar-refractivity contribution in [2.45, 2.75) is 17.9 Å². The van der Waals surface area contributed by atoms with Crippen molar-refractivity contribution in [1.29, 1.82) is 0 Å². The standard InChI is InChI=1S/C13H20N2O3S/c1-11-3-5-13(6-4-11)19(16,17)14-9-12-10-15(2)7-8-18-12/h3-6,12,14H,7-10H2,1-2H3. The van der Waals surface area contributed by atoms with Gasteiger partial charge < -0.3 is 9.64 Å². The highest BCUT2D eigenvalue weighted by atomic mass is 32.2. The van der Waals surface area contributed by atoms with Crippen molar-refractivity contribution < 1.29 is 13.2 Å². The van der Waals surface area contributed by atoms with E-state index in [9.17, 15) is 8.42 Å². The largest absolute Gasteiger partial charge is 0.374 e. The zero-order chi connectivity index (χ0) is 13.9. The molecule has 0 aromatic heterocycles. The van der Waals surface area contributed by atoms with Crippen LogP contribution in [0.5, 0.6) is 0 Å². The summed E-state index contributed by atoms with van der Waals surface area (Å²) in [4.78, 5) is 2.43. The molecule has 1 saturated heterocycles. The Hall–Kier alpha value is -0.950. The summed E-state index contributed by atoms with van der Waals surface area (Å²) in [6.07, 6.45) is -0.0843. The number of hydrogen-bond acceptors (Lipinski definition) is 4. The first-order valence-electron chi connectivity index (χ1n) is 6.34. The van der Waals surface area contributed by atoms with E-state index < -0.39 is 10.0 Å². The van der Waals surface area contributed by atoms with Gasteiger partial charge in [0, 0.05) is 19.6 Å². The lowest BCUT2D eigenvalue weighted by Gasteiger charge is -2.30. The lowest BCUT2D eigenvalue weighted by Crippen LogP contribution is -2.45. The third kappa shape index (κ3) is 4.01. The lowest BCUT2D eigenvalue weighted by atomic mass is 10.2. The summed E-state index contributed by atoms with van der Waals surface area (Å²) in [6.45, 7) is 4.52. The molecular weight excluding hydrogens is 264 g/mol. The fourth-order valence-electron chi connectivity index (χ4n) is 1.99. The van der Waals surface area contributed by atoms with Crippen LogP contribution in [0.4, 0.5) is 0 Å². The fourth-order valence-corrected chi connectivity index (χ4v) is 3.06. The first-order valence-corrected chi connectivity index (χ1v) is 7.82. The zero-order valence-electron chi connectivity index (χ0n) is 11.3. The van der Waals surface area contributed by atoms with E-state index in [-0.39, 0.29) is 6.10 Å². The van der Waals surface area contributed by atoms with Gasteiger partial charge in [-0.15, -0.1) is 0 Å². The normalized spacial score (nSPS) is 21.5. The van der Waals surface area contributed by atoms with Crippen LogP contribution in [0.15, 0.2) is 29.2 Å². The van der Waals surface area contributed by atoms with Crippen LogP contribution >= 0.6 is 0 Å². The second-order valence-electron chi connectivity index (χ2n) is 4.92. The molecule has 2 rings (SSSR count). The summed E-state index contributed by atoms with van der Waals surface area (Å²) in [6, 6.07) is 6.82. The Kier molecular flexibility index (Phi) is 4.57. The minimum atomic E-state index is -3.44. The molecule has 1 heterocycles. The van der Waals surface area contributed by atoms with Crippen LogP contribution in [-0.4, -0.2) is 52.7 Å². The van der Waals surface area contributed by atoms with Crippen LogP contribution in [0.2, 0.25) is 0 Å². The van der Waals surface area contributed by atoms with E-state index in [2.05, 4.69) is 9.62 Å². The first kappa shape index (κ1) is 14.5. The highest BCUT2D eigenvalue weighted by Gasteiger charge is 2.21. The monoisotopic (exact) mass is 284 g/mol. The average Bonchev–Trinajstić information content (AvgIpc) is 2.37. The summed E-state index contributed by atoms with van der Waals surface area (Å²) in [5.74, 6) is 0. The van der Waals surface area contributed by atoms with Gasteiger partial charge in [-0.1, -0.05) is 17.7 Å². The van der Waals surface area contributed by atoms with E-state index >= 15 is 0 Å². The minimum absolute atomic E-state index is 0.0843. The Morgan fingerprint density at radius 1 is 1.37 bits per heavy atom. The van der Waals surface area contributed by atoms with Gasteiger partial charge in [0.05, 0.1) is 17.6 Å². The maximum absolute atomic E-state index is 12.1. The molecule has 19 heavy (non-hydrogen) atoms. The highest BCUT2D eigenvalue weighted by Crippen LogP contribution is 2.10. The number of benzene rings is 1. The molecule has 0 radical (unpaired) electrons. The number of aryl methyl sites for hydroxylation is 1. The van der Waals surface area contributed by atoms with Crippen molar-refractivity contribution in [3.63, 3.8) is 0 Å². The van der Waals surface area contributed by atoms with Gasteiger partial charge in [0.15, 0.2) is 0 Å².